The zero-order valence-electron chi connectivity index (χ0n) is 11.4. The molecular weight excluding hydrogens is 318 g/mol. The molecule has 0 aliphatic rings. The molecule has 0 heterocycles. The number of nitrogens with two attached hydrogens (primary N) is 1. The monoisotopic (exact) mass is 335 g/mol. The predicted molar refractivity (Wildman–Crippen MR) is 84.0 cm³/mol. The molecule has 0 saturated carbocycles. The van der Waals surface area contributed by atoms with Crippen molar-refractivity contribution in [3.05, 3.63) is 64.1 Å². The van der Waals surface area contributed by atoms with Gasteiger partial charge < -0.3 is 15.2 Å². The lowest BCUT2D eigenvalue weighted by atomic mass is 9.99. The molecule has 0 spiro atoms. The van der Waals surface area contributed by atoms with Crippen molar-refractivity contribution in [2.45, 2.75) is 6.04 Å². The van der Waals surface area contributed by atoms with Crippen molar-refractivity contribution in [1.82, 2.24) is 0 Å². The predicted octanol–water partition coefficient (Wildman–Crippen LogP) is 3.52. The first kappa shape index (κ1) is 15.0. The number of methoxy groups -OCH3 is 1. The Morgan fingerprint density at radius 2 is 1.65 bits per heavy atom. The van der Waals surface area contributed by atoms with Crippen LogP contribution in [0.15, 0.2) is 53.0 Å². The van der Waals surface area contributed by atoms with Crippen LogP contribution in [0.4, 0.5) is 0 Å². The molecule has 0 aromatic heterocycles. The molecule has 1 unspecified atom stereocenters. The van der Waals surface area contributed by atoms with Crippen molar-refractivity contribution in [1.29, 1.82) is 0 Å². The Hall–Kier alpha value is -1.36. The maximum absolute atomic E-state index is 6.38. The summed E-state index contributed by atoms with van der Waals surface area (Å²) in [6, 6.07) is 15.6. The highest BCUT2D eigenvalue weighted by Crippen LogP contribution is 2.31. The fraction of sp³-hybridized carbons (Fsp3) is 0.250. The third-order valence-corrected chi connectivity index (χ3v) is 3.76. The second kappa shape index (κ2) is 7.43. The van der Waals surface area contributed by atoms with E-state index in [1.165, 1.54) is 0 Å². The maximum atomic E-state index is 6.38. The molecular formula is C16H18BrNO2. The van der Waals surface area contributed by atoms with Crippen LogP contribution in [0.3, 0.4) is 0 Å². The lowest BCUT2D eigenvalue weighted by Gasteiger charge is -2.18. The Morgan fingerprint density at radius 3 is 2.35 bits per heavy atom. The zero-order chi connectivity index (χ0) is 14.4. The van der Waals surface area contributed by atoms with Gasteiger partial charge in [0.15, 0.2) is 0 Å². The van der Waals surface area contributed by atoms with Gasteiger partial charge in [0.1, 0.15) is 12.4 Å². The third kappa shape index (κ3) is 3.60. The number of hydrogen-bond acceptors (Lipinski definition) is 3. The van der Waals surface area contributed by atoms with Crippen LogP contribution in [-0.2, 0) is 4.74 Å². The third-order valence-electron chi connectivity index (χ3n) is 3.04. The van der Waals surface area contributed by atoms with Crippen molar-refractivity contribution in [2.24, 2.45) is 5.73 Å². The van der Waals surface area contributed by atoms with Gasteiger partial charge >= 0.3 is 0 Å². The molecule has 2 N–H and O–H groups in total. The number of para-hydroxylation sites is 1. The van der Waals surface area contributed by atoms with Crippen molar-refractivity contribution in [3.63, 3.8) is 0 Å². The molecule has 4 heteroatoms. The molecule has 2 aromatic carbocycles. The molecule has 0 amide bonds. The Labute approximate surface area is 127 Å². The zero-order valence-corrected chi connectivity index (χ0v) is 13.0. The SMILES string of the molecule is COCCOc1ccccc1C(N)c1ccccc1Br. The van der Waals surface area contributed by atoms with Gasteiger partial charge in [0, 0.05) is 17.1 Å². The first-order valence-corrected chi connectivity index (χ1v) is 7.24. The normalized spacial score (nSPS) is 12.2. The van der Waals surface area contributed by atoms with Gasteiger partial charge in [0.2, 0.25) is 0 Å². The molecule has 0 aliphatic carbocycles. The minimum absolute atomic E-state index is 0.232. The van der Waals surface area contributed by atoms with Gasteiger partial charge in [-0.15, -0.1) is 0 Å². The summed E-state index contributed by atoms with van der Waals surface area (Å²) in [4.78, 5) is 0. The quantitative estimate of drug-likeness (QED) is 0.821. The molecule has 2 aromatic rings. The molecule has 0 bridgehead atoms. The average Bonchev–Trinajstić information content (AvgIpc) is 2.48. The van der Waals surface area contributed by atoms with E-state index >= 15 is 0 Å². The summed E-state index contributed by atoms with van der Waals surface area (Å²) in [5, 5.41) is 0. The van der Waals surface area contributed by atoms with E-state index in [1.54, 1.807) is 7.11 Å². The van der Waals surface area contributed by atoms with E-state index in [0.29, 0.717) is 13.2 Å². The number of rotatable bonds is 6. The highest BCUT2D eigenvalue weighted by molar-refractivity contribution is 9.10. The highest BCUT2D eigenvalue weighted by Gasteiger charge is 2.15. The number of halogens is 1. The smallest absolute Gasteiger partial charge is 0.124 e. The van der Waals surface area contributed by atoms with E-state index in [-0.39, 0.29) is 6.04 Å². The van der Waals surface area contributed by atoms with Gasteiger partial charge in [-0.2, -0.15) is 0 Å². The summed E-state index contributed by atoms with van der Waals surface area (Å²) in [5.41, 5.74) is 8.39. The van der Waals surface area contributed by atoms with E-state index in [2.05, 4.69) is 15.9 Å². The minimum atomic E-state index is -0.232. The van der Waals surface area contributed by atoms with Gasteiger partial charge in [-0.1, -0.05) is 52.3 Å². The summed E-state index contributed by atoms with van der Waals surface area (Å²) in [6.45, 7) is 1.06. The van der Waals surface area contributed by atoms with Gasteiger partial charge in [0.05, 0.1) is 12.6 Å². The second-order valence-corrected chi connectivity index (χ2v) is 5.23. The van der Waals surface area contributed by atoms with E-state index < -0.39 is 0 Å². The summed E-state index contributed by atoms with van der Waals surface area (Å²) in [7, 11) is 1.65. The average molecular weight is 336 g/mol. The van der Waals surface area contributed by atoms with Gasteiger partial charge in [0.25, 0.3) is 0 Å². The van der Waals surface area contributed by atoms with E-state index in [1.807, 2.05) is 48.5 Å². The molecule has 2 rings (SSSR count). The Kier molecular flexibility index (Phi) is 5.59. The lowest BCUT2D eigenvalue weighted by Crippen LogP contribution is -2.15. The van der Waals surface area contributed by atoms with Crippen LogP contribution in [-0.4, -0.2) is 20.3 Å². The molecule has 3 nitrogen and oxygen atoms in total. The van der Waals surface area contributed by atoms with Crippen LogP contribution in [0.25, 0.3) is 0 Å². The highest BCUT2D eigenvalue weighted by atomic mass is 79.9. The van der Waals surface area contributed by atoms with Crippen molar-refractivity contribution in [3.8, 4) is 5.75 Å². The summed E-state index contributed by atoms with van der Waals surface area (Å²) in [6.07, 6.45) is 0. The van der Waals surface area contributed by atoms with E-state index in [4.69, 9.17) is 15.2 Å². The molecule has 20 heavy (non-hydrogen) atoms. The molecule has 1 atom stereocenters. The number of benzene rings is 2. The molecule has 0 saturated heterocycles. The standard InChI is InChI=1S/C16H18BrNO2/c1-19-10-11-20-15-9-5-3-7-13(15)16(18)12-6-2-4-8-14(12)17/h2-9,16H,10-11,18H2,1H3. The topological polar surface area (TPSA) is 44.5 Å². The second-order valence-electron chi connectivity index (χ2n) is 4.38. The molecule has 0 fully saturated rings. The van der Waals surface area contributed by atoms with Crippen LogP contribution in [0.2, 0.25) is 0 Å². The Bertz CT molecular complexity index is 560. The van der Waals surface area contributed by atoms with Gasteiger partial charge in [-0.05, 0) is 17.7 Å². The molecule has 0 aliphatic heterocycles. The minimum Gasteiger partial charge on any atom is -0.491 e. The number of hydrogen-bond donors (Lipinski definition) is 1. The fourth-order valence-electron chi connectivity index (χ4n) is 2.00. The van der Waals surface area contributed by atoms with Crippen LogP contribution in [0.5, 0.6) is 5.75 Å². The summed E-state index contributed by atoms with van der Waals surface area (Å²) < 4.78 is 11.7. The van der Waals surface area contributed by atoms with E-state index in [9.17, 15) is 0 Å². The fourth-order valence-corrected chi connectivity index (χ4v) is 2.53. The summed E-state index contributed by atoms with van der Waals surface area (Å²) in [5.74, 6) is 0.799. The van der Waals surface area contributed by atoms with Crippen LogP contribution >= 0.6 is 15.9 Å². The molecule has 106 valence electrons. The number of ether oxygens (including phenoxy) is 2. The van der Waals surface area contributed by atoms with Crippen LogP contribution in [0.1, 0.15) is 17.2 Å². The van der Waals surface area contributed by atoms with Crippen LogP contribution < -0.4 is 10.5 Å². The largest absolute Gasteiger partial charge is 0.491 e. The maximum Gasteiger partial charge on any atom is 0.124 e. The van der Waals surface area contributed by atoms with Crippen molar-refractivity contribution in [2.75, 3.05) is 20.3 Å². The Morgan fingerprint density at radius 1 is 1.00 bits per heavy atom. The van der Waals surface area contributed by atoms with Gasteiger partial charge in [-0.25, -0.2) is 0 Å². The van der Waals surface area contributed by atoms with Gasteiger partial charge in [-0.3, -0.25) is 0 Å². The van der Waals surface area contributed by atoms with Crippen molar-refractivity contribution < 1.29 is 9.47 Å². The summed E-state index contributed by atoms with van der Waals surface area (Å²) >= 11 is 3.54. The lowest BCUT2D eigenvalue weighted by molar-refractivity contribution is 0.145. The molecule has 0 radical (unpaired) electrons. The Balaban J connectivity index is 2.25. The van der Waals surface area contributed by atoms with Crippen LogP contribution in [0, 0.1) is 0 Å². The first-order valence-electron chi connectivity index (χ1n) is 6.44. The van der Waals surface area contributed by atoms with E-state index in [0.717, 1.165) is 21.3 Å². The first-order chi connectivity index (χ1) is 9.74. The van der Waals surface area contributed by atoms with Crippen molar-refractivity contribution >= 4 is 15.9 Å².